The summed E-state index contributed by atoms with van der Waals surface area (Å²) in [6.45, 7) is 4.93. The summed E-state index contributed by atoms with van der Waals surface area (Å²) in [7, 11) is -2.19. The van der Waals surface area contributed by atoms with E-state index in [1.807, 2.05) is 0 Å². The van der Waals surface area contributed by atoms with Crippen molar-refractivity contribution in [1.82, 2.24) is 9.97 Å². The van der Waals surface area contributed by atoms with Crippen LogP contribution < -0.4 is 10.4 Å². The fourth-order valence-electron chi connectivity index (χ4n) is 8.37. The summed E-state index contributed by atoms with van der Waals surface area (Å²) in [5.74, 6) is 0.756. The Labute approximate surface area is 311 Å². The van der Waals surface area contributed by atoms with Gasteiger partial charge in [0.1, 0.15) is 8.07 Å². The number of hydrogen-bond donors (Lipinski definition) is 0. The summed E-state index contributed by atoms with van der Waals surface area (Å²) in [6, 6.07) is 65.7. The molecule has 250 valence electrons. The van der Waals surface area contributed by atoms with Gasteiger partial charge >= 0.3 is 0 Å². The molecule has 3 heteroatoms. The molecule has 0 unspecified atom stereocenters. The molecule has 1 aliphatic heterocycles. The fourth-order valence-corrected chi connectivity index (χ4v) is 11.6. The van der Waals surface area contributed by atoms with Crippen LogP contribution in [-0.4, -0.2) is 18.0 Å². The molecule has 53 heavy (non-hydrogen) atoms. The van der Waals surface area contributed by atoms with Crippen LogP contribution >= 0.6 is 0 Å². The van der Waals surface area contributed by atoms with Gasteiger partial charge in [-0.25, -0.2) is 9.97 Å². The molecule has 1 aliphatic rings. The molecule has 0 N–H and O–H groups in total. The summed E-state index contributed by atoms with van der Waals surface area (Å²) >= 11 is 0. The van der Waals surface area contributed by atoms with Crippen LogP contribution in [0.4, 0.5) is 0 Å². The maximum atomic E-state index is 5.55. The minimum Gasteiger partial charge on any atom is -0.228 e. The van der Waals surface area contributed by atoms with Crippen LogP contribution in [0.2, 0.25) is 13.1 Å². The summed E-state index contributed by atoms with van der Waals surface area (Å²) < 4.78 is 0. The van der Waals surface area contributed by atoms with Gasteiger partial charge in [0.05, 0.1) is 11.4 Å². The van der Waals surface area contributed by atoms with Gasteiger partial charge in [0.2, 0.25) is 0 Å². The Morgan fingerprint density at radius 3 is 1.60 bits per heavy atom. The first-order chi connectivity index (χ1) is 26.0. The second-order valence-electron chi connectivity index (χ2n) is 14.6. The van der Waals surface area contributed by atoms with Crippen molar-refractivity contribution in [2.75, 3.05) is 0 Å². The maximum Gasteiger partial charge on any atom is 0.160 e. The van der Waals surface area contributed by atoms with Crippen LogP contribution in [0, 0.1) is 0 Å². The lowest BCUT2D eigenvalue weighted by Crippen LogP contribution is -2.50. The smallest absolute Gasteiger partial charge is 0.160 e. The molecule has 0 saturated carbocycles. The van der Waals surface area contributed by atoms with Crippen molar-refractivity contribution in [3.8, 4) is 67.3 Å². The van der Waals surface area contributed by atoms with E-state index in [0.717, 1.165) is 33.9 Å². The summed E-state index contributed by atoms with van der Waals surface area (Å²) in [5.41, 5.74) is 12.7. The van der Waals surface area contributed by atoms with E-state index in [4.69, 9.17) is 9.97 Å². The minimum atomic E-state index is -2.19. The number of rotatable bonds is 5. The molecule has 0 fully saturated rings. The largest absolute Gasteiger partial charge is 0.228 e. The topological polar surface area (TPSA) is 25.8 Å². The number of aromatic nitrogens is 2. The van der Waals surface area contributed by atoms with Gasteiger partial charge in [0.15, 0.2) is 5.82 Å². The SMILES string of the molecule is C[Si]1(C)c2ccc3ccccc3c2-c2nc(-c3cccc(-c4cccc(-c5ccc(-c6ccccc6)cc5)c4)c3)nc(-c3cccc4ccccc34)c21. The third-order valence-electron chi connectivity index (χ3n) is 11.1. The van der Waals surface area contributed by atoms with E-state index >= 15 is 0 Å². The highest BCUT2D eigenvalue weighted by Crippen LogP contribution is 2.39. The molecule has 0 saturated heterocycles. The van der Waals surface area contributed by atoms with Crippen LogP contribution in [0.15, 0.2) is 182 Å². The van der Waals surface area contributed by atoms with Crippen molar-refractivity contribution in [1.29, 1.82) is 0 Å². The standard InChI is InChI=1S/C50H36N2Si/c1-53(2)45-30-29-37-16-7-9-23-43(37)46(45)48-49(53)47(44-24-12-17-36-15-6-8-22-42(36)44)51-50(52-48)41-21-11-20-40(32-41)39-19-10-18-38(31-39)35-27-25-34(26-28-35)33-13-4-3-5-14-33/h3-32H,1-2H3. The highest BCUT2D eigenvalue weighted by Gasteiger charge is 2.43. The minimum absolute atomic E-state index is 0.756. The monoisotopic (exact) mass is 692 g/mol. The van der Waals surface area contributed by atoms with Gasteiger partial charge in [-0.05, 0) is 77.4 Å². The Bertz CT molecular complexity index is 2850. The zero-order valence-electron chi connectivity index (χ0n) is 29.7. The van der Waals surface area contributed by atoms with Gasteiger partial charge in [-0.15, -0.1) is 0 Å². The Balaban J connectivity index is 1.13. The number of fused-ring (bicyclic) bond motifs is 6. The van der Waals surface area contributed by atoms with Crippen molar-refractivity contribution >= 4 is 40.0 Å². The first-order valence-electron chi connectivity index (χ1n) is 18.3. The third kappa shape index (κ3) is 5.24. The van der Waals surface area contributed by atoms with Gasteiger partial charge in [-0.2, -0.15) is 0 Å². The lowest BCUT2D eigenvalue weighted by atomic mass is 9.96. The predicted molar refractivity (Wildman–Crippen MR) is 226 cm³/mol. The summed E-state index contributed by atoms with van der Waals surface area (Å²) in [5, 5.41) is 7.70. The highest BCUT2D eigenvalue weighted by atomic mass is 28.3. The molecule has 0 bridgehead atoms. The van der Waals surface area contributed by atoms with Crippen LogP contribution in [-0.2, 0) is 0 Å². The van der Waals surface area contributed by atoms with Crippen LogP contribution in [0.25, 0.3) is 88.8 Å². The molecule has 2 nitrogen and oxygen atoms in total. The number of hydrogen-bond acceptors (Lipinski definition) is 2. The maximum absolute atomic E-state index is 5.55. The average molecular weight is 693 g/mol. The average Bonchev–Trinajstić information content (AvgIpc) is 3.47. The van der Waals surface area contributed by atoms with Crippen LogP contribution in [0.1, 0.15) is 0 Å². The van der Waals surface area contributed by atoms with E-state index in [1.165, 1.54) is 65.3 Å². The van der Waals surface area contributed by atoms with Gasteiger partial charge in [0.25, 0.3) is 0 Å². The molecular formula is C50H36N2Si. The van der Waals surface area contributed by atoms with Crippen LogP contribution in [0.3, 0.4) is 0 Å². The van der Waals surface area contributed by atoms with Gasteiger partial charge < -0.3 is 0 Å². The molecular weight excluding hydrogens is 657 g/mol. The Hall–Kier alpha value is -6.42. The Kier molecular flexibility index (Phi) is 7.31. The van der Waals surface area contributed by atoms with E-state index in [1.54, 1.807) is 0 Å². The molecule has 9 aromatic rings. The van der Waals surface area contributed by atoms with Crippen molar-refractivity contribution < 1.29 is 0 Å². The van der Waals surface area contributed by atoms with Crippen LogP contribution in [0.5, 0.6) is 0 Å². The normalized spacial score (nSPS) is 12.9. The van der Waals surface area contributed by atoms with Gasteiger partial charge in [-0.1, -0.05) is 183 Å². The molecule has 10 rings (SSSR count). The quantitative estimate of drug-likeness (QED) is 0.168. The lowest BCUT2D eigenvalue weighted by Gasteiger charge is -2.22. The molecule has 0 aliphatic carbocycles. The van der Waals surface area contributed by atoms with E-state index in [0.29, 0.717) is 0 Å². The number of nitrogens with zero attached hydrogens (tertiary/aromatic N) is 2. The second kappa shape index (κ2) is 12.4. The van der Waals surface area contributed by atoms with Crippen molar-refractivity contribution in [2.45, 2.75) is 13.1 Å². The molecule has 0 amide bonds. The molecule has 2 heterocycles. The molecule has 8 aromatic carbocycles. The summed E-state index contributed by atoms with van der Waals surface area (Å²) in [4.78, 5) is 11.1. The molecule has 0 spiro atoms. The molecule has 0 atom stereocenters. The number of benzene rings is 8. The molecule has 1 aromatic heterocycles. The predicted octanol–water partition coefficient (Wildman–Crippen LogP) is 11.9. The Morgan fingerprint density at radius 2 is 0.868 bits per heavy atom. The van der Waals surface area contributed by atoms with E-state index < -0.39 is 8.07 Å². The van der Waals surface area contributed by atoms with E-state index in [2.05, 4.69) is 195 Å². The van der Waals surface area contributed by atoms with Gasteiger partial charge in [0, 0.05) is 16.7 Å². The highest BCUT2D eigenvalue weighted by molar-refractivity contribution is 7.04. The van der Waals surface area contributed by atoms with E-state index in [9.17, 15) is 0 Å². The zero-order valence-corrected chi connectivity index (χ0v) is 30.7. The summed E-state index contributed by atoms with van der Waals surface area (Å²) in [6.07, 6.45) is 0. The Morgan fingerprint density at radius 1 is 0.377 bits per heavy atom. The second-order valence-corrected chi connectivity index (χ2v) is 18.9. The van der Waals surface area contributed by atoms with Crippen molar-refractivity contribution in [3.05, 3.63) is 182 Å². The first kappa shape index (κ1) is 31.3. The first-order valence-corrected chi connectivity index (χ1v) is 21.3. The van der Waals surface area contributed by atoms with Crippen molar-refractivity contribution in [3.63, 3.8) is 0 Å². The van der Waals surface area contributed by atoms with E-state index in [-0.39, 0.29) is 0 Å². The molecule has 0 radical (unpaired) electrons. The zero-order chi connectivity index (χ0) is 35.5. The third-order valence-corrected chi connectivity index (χ3v) is 14.5. The lowest BCUT2D eigenvalue weighted by molar-refractivity contribution is 1.20. The van der Waals surface area contributed by atoms with Gasteiger partial charge in [-0.3, -0.25) is 0 Å². The van der Waals surface area contributed by atoms with Crippen molar-refractivity contribution in [2.24, 2.45) is 0 Å². The fraction of sp³-hybridized carbons (Fsp3) is 0.0400.